The minimum Gasteiger partial charge on any atom is -0.478 e. The summed E-state index contributed by atoms with van der Waals surface area (Å²) in [5.41, 5.74) is 1.12. The summed E-state index contributed by atoms with van der Waals surface area (Å²) < 4.78 is 7.12. The van der Waals surface area contributed by atoms with Crippen molar-refractivity contribution >= 4 is 28.5 Å². The number of carboxylic acid groups (broad SMARTS) is 1. The average molecular weight is 276 g/mol. The molecule has 1 aromatic carbocycles. The average Bonchev–Trinajstić information content (AvgIpc) is 2.97. The van der Waals surface area contributed by atoms with Crippen LogP contribution in [0.2, 0.25) is 5.02 Å². The molecule has 0 radical (unpaired) electrons. The Morgan fingerprint density at radius 3 is 2.89 bits per heavy atom. The van der Waals surface area contributed by atoms with E-state index in [4.69, 9.17) is 21.1 Å². The van der Waals surface area contributed by atoms with Crippen molar-refractivity contribution in [2.45, 2.75) is 6.54 Å². The fraction of sp³-hybridized carbons (Fsp3) is 0.0714. The summed E-state index contributed by atoms with van der Waals surface area (Å²) in [5.74, 6) is -0.587. The second kappa shape index (κ2) is 4.48. The van der Waals surface area contributed by atoms with Crippen LogP contribution >= 0.6 is 11.6 Å². The molecule has 1 N–H and O–H groups in total. The highest BCUT2D eigenvalue weighted by molar-refractivity contribution is 6.35. The fourth-order valence-corrected chi connectivity index (χ4v) is 2.42. The zero-order valence-corrected chi connectivity index (χ0v) is 10.6. The van der Waals surface area contributed by atoms with Gasteiger partial charge in [-0.15, -0.1) is 0 Å². The Labute approximate surface area is 113 Å². The molecule has 5 heteroatoms. The first-order valence-electron chi connectivity index (χ1n) is 5.70. The molecule has 0 saturated carbocycles. The molecule has 4 nitrogen and oxygen atoms in total. The topological polar surface area (TPSA) is 55.4 Å². The second-order valence-corrected chi connectivity index (χ2v) is 4.59. The van der Waals surface area contributed by atoms with Crippen molar-refractivity contribution in [1.29, 1.82) is 0 Å². The molecule has 0 aliphatic carbocycles. The summed E-state index contributed by atoms with van der Waals surface area (Å²) in [4.78, 5) is 11.0. The third-order valence-corrected chi connectivity index (χ3v) is 3.33. The lowest BCUT2D eigenvalue weighted by atomic mass is 10.2. The van der Waals surface area contributed by atoms with E-state index in [1.165, 1.54) is 12.3 Å². The van der Waals surface area contributed by atoms with Crippen LogP contribution in [0.25, 0.3) is 10.9 Å². The Morgan fingerprint density at radius 2 is 2.11 bits per heavy atom. The van der Waals surface area contributed by atoms with Crippen LogP contribution in [0.5, 0.6) is 0 Å². The van der Waals surface area contributed by atoms with Gasteiger partial charge in [0.25, 0.3) is 0 Å². The molecular weight excluding hydrogens is 266 g/mol. The highest BCUT2D eigenvalue weighted by Crippen LogP contribution is 2.26. The Morgan fingerprint density at radius 1 is 1.32 bits per heavy atom. The molecule has 0 atom stereocenters. The lowest BCUT2D eigenvalue weighted by molar-refractivity contribution is 0.0694. The summed E-state index contributed by atoms with van der Waals surface area (Å²) in [5, 5.41) is 10.6. The van der Waals surface area contributed by atoms with Gasteiger partial charge in [-0.25, -0.2) is 4.79 Å². The van der Waals surface area contributed by atoms with E-state index in [0.717, 1.165) is 10.9 Å². The summed E-state index contributed by atoms with van der Waals surface area (Å²) in [7, 11) is 0. The van der Waals surface area contributed by atoms with Gasteiger partial charge >= 0.3 is 5.97 Å². The van der Waals surface area contributed by atoms with Gasteiger partial charge in [0.2, 0.25) is 0 Å². The van der Waals surface area contributed by atoms with Gasteiger partial charge in [0.15, 0.2) is 0 Å². The molecule has 0 aliphatic heterocycles. The molecule has 0 bridgehead atoms. The molecule has 2 heterocycles. The van der Waals surface area contributed by atoms with Crippen molar-refractivity contribution in [3.05, 3.63) is 59.1 Å². The molecule has 3 aromatic rings. The van der Waals surface area contributed by atoms with E-state index in [1.54, 1.807) is 6.20 Å². The van der Waals surface area contributed by atoms with Crippen LogP contribution < -0.4 is 0 Å². The van der Waals surface area contributed by atoms with Crippen molar-refractivity contribution in [2.24, 2.45) is 0 Å². The summed E-state index contributed by atoms with van der Waals surface area (Å²) >= 11 is 6.15. The molecule has 0 fully saturated rings. The number of benzene rings is 1. The number of carbonyl (C=O) groups is 1. The Bertz CT molecular complexity index is 757. The van der Waals surface area contributed by atoms with Gasteiger partial charge in [-0.2, -0.15) is 0 Å². The molecule has 0 aliphatic rings. The van der Waals surface area contributed by atoms with Crippen LogP contribution in [0, 0.1) is 0 Å². The van der Waals surface area contributed by atoms with E-state index < -0.39 is 5.97 Å². The van der Waals surface area contributed by atoms with Crippen molar-refractivity contribution in [2.75, 3.05) is 0 Å². The van der Waals surface area contributed by atoms with Gasteiger partial charge in [-0.3, -0.25) is 0 Å². The van der Waals surface area contributed by atoms with Crippen LogP contribution in [-0.2, 0) is 6.54 Å². The van der Waals surface area contributed by atoms with Gasteiger partial charge in [-0.05, 0) is 12.1 Å². The van der Waals surface area contributed by atoms with Gasteiger partial charge in [0.05, 0.1) is 17.8 Å². The first-order chi connectivity index (χ1) is 9.16. The number of nitrogens with zero attached hydrogens (tertiary/aromatic N) is 1. The van der Waals surface area contributed by atoms with Crippen LogP contribution in [0.15, 0.2) is 47.2 Å². The van der Waals surface area contributed by atoms with Crippen LogP contribution in [0.1, 0.15) is 16.1 Å². The van der Waals surface area contributed by atoms with Crippen LogP contribution in [-0.4, -0.2) is 15.6 Å². The minimum atomic E-state index is -0.994. The van der Waals surface area contributed by atoms with E-state index in [0.29, 0.717) is 17.3 Å². The number of halogens is 1. The normalized spacial score (nSPS) is 11.0. The maximum Gasteiger partial charge on any atom is 0.339 e. The van der Waals surface area contributed by atoms with Crippen molar-refractivity contribution in [3.63, 3.8) is 0 Å². The molecule has 96 valence electrons. The maximum absolute atomic E-state index is 11.0. The zero-order chi connectivity index (χ0) is 13.4. The maximum atomic E-state index is 11.0. The summed E-state index contributed by atoms with van der Waals surface area (Å²) in [6, 6.07) is 9.13. The quantitative estimate of drug-likeness (QED) is 0.794. The first-order valence-corrected chi connectivity index (χ1v) is 6.07. The number of rotatable bonds is 3. The molecule has 0 saturated heterocycles. The monoisotopic (exact) mass is 275 g/mol. The summed E-state index contributed by atoms with van der Waals surface area (Å²) in [6.07, 6.45) is 3.16. The van der Waals surface area contributed by atoms with Gasteiger partial charge < -0.3 is 14.1 Å². The van der Waals surface area contributed by atoms with E-state index in [-0.39, 0.29) is 5.56 Å². The number of hydrogen-bond donors (Lipinski definition) is 1. The third-order valence-electron chi connectivity index (χ3n) is 3.03. The van der Waals surface area contributed by atoms with Crippen molar-refractivity contribution < 1.29 is 14.3 Å². The highest BCUT2D eigenvalue weighted by Gasteiger charge is 2.15. The molecular formula is C14H10ClNO3. The van der Waals surface area contributed by atoms with Gasteiger partial charge in [-0.1, -0.05) is 29.8 Å². The zero-order valence-electron chi connectivity index (χ0n) is 9.84. The summed E-state index contributed by atoms with van der Waals surface area (Å²) in [6.45, 7) is 0.335. The van der Waals surface area contributed by atoms with E-state index in [9.17, 15) is 4.79 Å². The molecule has 0 spiro atoms. The number of aromatic carboxylic acids is 1. The Balaban J connectivity index is 2.06. The smallest absolute Gasteiger partial charge is 0.339 e. The number of furan rings is 1. The predicted molar refractivity (Wildman–Crippen MR) is 71.7 cm³/mol. The Kier molecular flexibility index (Phi) is 2.80. The van der Waals surface area contributed by atoms with Crippen LogP contribution in [0.4, 0.5) is 0 Å². The van der Waals surface area contributed by atoms with E-state index in [2.05, 4.69) is 0 Å². The number of aromatic nitrogens is 1. The number of hydrogen-bond acceptors (Lipinski definition) is 2. The van der Waals surface area contributed by atoms with Gasteiger partial charge in [0.1, 0.15) is 11.3 Å². The van der Waals surface area contributed by atoms with E-state index in [1.807, 2.05) is 28.8 Å². The first kappa shape index (κ1) is 11.9. The van der Waals surface area contributed by atoms with Crippen molar-refractivity contribution in [3.8, 4) is 0 Å². The molecule has 19 heavy (non-hydrogen) atoms. The highest BCUT2D eigenvalue weighted by atomic mass is 35.5. The lowest BCUT2D eigenvalue weighted by Gasteiger charge is -2.03. The Hall–Kier alpha value is -2.20. The molecule has 0 amide bonds. The second-order valence-electron chi connectivity index (χ2n) is 4.18. The number of carboxylic acids is 1. The third kappa shape index (κ3) is 2.00. The van der Waals surface area contributed by atoms with Crippen molar-refractivity contribution in [1.82, 2.24) is 4.57 Å². The van der Waals surface area contributed by atoms with Crippen LogP contribution in [0.3, 0.4) is 0 Å². The largest absolute Gasteiger partial charge is 0.478 e. The standard InChI is InChI=1S/C14H10ClNO3/c15-11-7-16(12-4-2-1-3-9(11)12)8-13-10(14(17)18)5-6-19-13/h1-7H,8H2,(H,17,18). The molecule has 2 aromatic heterocycles. The number of para-hydroxylation sites is 1. The van der Waals surface area contributed by atoms with E-state index >= 15 is 0 Å². The molecule has 0 unspecified atom stereocenters. The fourth-order valence-electron chi connectivity index (χ4n) is 2.14. The predicted octanol–water partition coefficient (Wildman–Crippen LogP) is 3.63. The molecule has 3 rings (SSSR count). The van der Waals surface area contributed by atoms with Gasteiger partial charge in [0, 0.05) is 17.1 Å². The minimum absolute atomic E-state index is 0.175. The number of fused-ring (bicyclic) bond motifs is 1. The SMILES string of the molecule is O=C(O)c1ccoc1Cn1cc(Cl)c2ccccc21. The lowest BCUT2D eigenvalue weighted by Crippen LogP contribution is -2.03.